The Labute approximate surface area is 165 Å². The number of rotatable bonds is 6. The molecule has 6 heteroatoms. The summed E-state index contributed by atoms with van der Waals surface area (Å²) in [5.74, 6) is 1.03. The Balaban J connectivity index is 1.28. The van der Waals surface area contributed by atoms with E-state index in [1.54, 1.807) is 18.3 Å². The van der Waals surface area contributed by atoms with Crippen LogP contribution in [-0.2, 0) is 17.9 Å². The first-order valence-corrected chi connectivity index (χ1v) is 10.6. The number of hydrogen-bond acceptors (Lipinski definition) is 5. The Morgan fingerprint density at radius 3 is 2.78 bits per heavy atom. The normalized spacial score (nSPS) is 19.5. The van der Waals surface area contributed by atoms with Crippen LogP contribution in [0.25, 0.3) is 10.6 Å². The largest absolute Gasteiger partial charge is 0.494 e. The van der Waals surface area contributed by atoms with E-state index in [4.69, 9.17) is 9.72 Å². The first-order valence-electron chi connectivity index (χ1n) is 9.81. The smallest absolute Gasteiger partial charge is 0.220 e. The summed E-state index contributed by atoms with van der Waals surface area (Å²) in [6, 6.07) is 8.94. The molecule has 0 radical (unpaired) electrons. The monoisotopic (exact) mass is 385 g/mol. The highest BCUT2D eigenvalue weighted by Gasteiger charge is 2.25. The van der Waals surface area contributed by atoms with Crippen LogP contribution in [0.4, 0.5) is 0 Å². The Morgan fingerprint density at radius 1 is 1.30 bits per heavy atom. The van der Waals surface area contributed by atoms with E-state index < -0.39 is 0 Å². The molecule has 1 atom stereocenters. The summed E-state index contributed by atoms with van der Waals surface area (Å²) in [5, 5.41) is 1.03. The van der Waals surface area contributed by atoms with Gasteiger partial charge < -0.3 is 14.5 Å². The molecule has 2 aromatic rings. The Kier molecular flexibility index (Phi) is 5.45. The van der Waals surface area contributed by atoms with Crippen LogP contribution >= 0.6 is 11.3 Å². The lowest BCUT2D eigenvalue weighted by atomic mass is 10.2. The zero-order valence-electron chi connectivity index (χ0n) is 16.1. The van der Waals surface area contributed by atoms with Crippen molar-refractivity contribution < 1.29 is 9.53 Å². The van der Waals surface area contributed by atoms with Gasteiger partial charge in [-0.3, -0.25) is 4.79 Å². The van der Waals surface area contributed by atoms with Crippen LogP contribution in [0, 0.1) is 0 Å². The van der Waals surface area contributed by atoms with Gasteiger partial charge >= 0.3 is 0 Å². The van der Waals surface area contributed by atoms with Gasteiger partial charge in [0.05, 0.1) is 25.4 Å². The van der Waals surface area contributed by atoms with Gasteiger partial charge in [-0.2, -0.15) is 0 Å². The molecule has 1 amide bonds. The van der Waals surface area contributed by atoms with Crippen LogP contribution < -0.4 is 4.74 Å². The summed E-state index contributed by atoms with van der Waals surface area (Å²) in [4.78, 5) is 21.8. The lowest BCUT2D eigenvalue weighted by molar-refractivity contribution is -0.129. The molecule has 4 rings (SSSR count). The third kappa shape index (κ3) is 4.17. The van der Waals surface area contributed by atoms with Gasteiger partial charge in [-0.15, -0.1) is 11.3 Å². The van der Waals surface area contributed by atoms with Gasteiger partial charge in [0, 0.05) is 30.0 Å². The zero-order valence-corrected chi connectivity index (χ0v) is 16.9. The molecule has 5 nitrogen and oxygen atoms in total. The molecule has 1 unspecified atom stereocenters. The summed E-state index contributed by atoms with van der Waals surface area (Å²) in [5.41, 5.74) is 2.16. The van der Waals surface area contributed by atoms with Gasteiger partial charge in [-0.25, -0.2) is 4.98 Å². The van der Waals surface area contributed by atoms with E-state index in [0.717, 1.165) is 47.6 Å². The topological polar surface area (TPSA) is 45.7 Å². The van der Waals surface area contributed by atoms with E-state index in [0.29, 0.717) is 13.1 Å². The highest BCUT2D eigenvalue weighted by Crippen LogP contribution is 2.34. The van der Waals surface area contributed by atoms with E-state index in [2.05, 4.69) is 24.0 Å². The maximum Gasteiger partial charge on any atom is 0.220 e. The number of likely N-dealkylation sites (tertiary alicyclic amines) is 1. The van der Waals surface area contributed by atoms with Crippen molar-refractivity contribution in [2.75, 3.05) is 19.7 Å². The third-order valence-corrected chi connectivity index (χ3v) is 6.68. The van der Waals surface area contributed by atoms with Crippen molar-refractivity contribution in [3.8, 4) is 16.3 Å². The second-order valence-corrected chi connectivity index (χ2v) is 8.60. The fourth-order valence-corrected chi connectivity index (χ4v) is 4.95. The van der Waals surface area contributed by atoms with Crippen molar-refractivity contribution in [1.29, 1.82) is 0 Å². The maximum absolute atomic E-state index is 11.5. The fraction of sp³-hybridized carbons (Fsp3) is 0.524. The number of carbonyl (C=O) groups excluding carboxylic acids is 1. The number of thiazole rings is 1. The summed E-state index contributed by atoms with van der Waals surface area (Å²) >= 11 is 1.69. The van der Waals surface area contributed by atoms with Crippen LogP contribution in [0.15, 0.2) is 24.3 Å². The average molecular weight is 386 g/mol. The van der Waals surface area contributed by atoms with Crippen molar-refractivity contribution in [1.82, 2.24) is 14.8 Å². The van der Waals surface area contributed by atoms with Crippen molar-refractivity contribution in [3.05, 3.63) is 34.8 Å². The molecule has 3 heterocycles. The molecular weight excluding hydrogens is 358 g/mol. The molecule has 1 saturated heterocycles. The predicted octanol–water partition coefficient (Wildman–Crippen LogP) is 3.93. The number of ether oxygens (including phenoxy) is 1. The molecule has 0 bridgehead atoms. The number of carbonyl (C=O) groups is 1. The SMILES string of the molecule is CC(=O)N1Cc2nc(-c3ccc(OCCCN4CCCC4C)cc3)sc2C1. The Hall–Kier alpha value is -1.92. The molecule has 1 aromatic heterocycles. The lowest BCUT2D eigenvalue weighted by Gasteiger charge is -2.20. The van der Waals surface area contributed by atoms with Crippen molar-refractivity contribution in [2.24, 2.45) is 0 Å². The van der Waals surface area contributed by atoms with E-state index in [-0.39, 0.29) is 5.91 Å². The predicted molar refractivity (Wildman–Crippen MR) is 108 cm³/mol. The van der Waals surface area contributed by atoms with E-state index in [1.165, 1.54) is 24.3 Å². The Bertz CT molecular complexity index is 779. The molecule has 1 aromatic carbocycles. The first-order chi connectivity index (χ1) is 13.1. The molecular formula is C21H27N3O2S. The minimum atomic E-state index is 0.113. The highest BCUT2D eigenvalue weighted by atomic mass is 32.1. The molecule has 0 aliphatic carbocycles. The number of fused-ring (bicyclic) bond motifs is 1. The molecule has 0 spiro atoms. The number of benzene rings is 1. The van der Waals surface area contributed by atoms with Gasteiger partial charge in [-0.1, -0.05) is 0 Å². The summed E-state index contributed by atoms with van der Waals surface area (Å²) in [7, 11) is 0. The molecule has 0 saturated carbocycles. The maximum atomic E-state index is 11.5. The van der Waals surface area contributed by atoms with E-state index >= 15 is 0 Å². The first kappa shape index (κ1) is 18.4. The molecule has 1 fully saturated rings. The summed E-state index contributed by atoms with van der Waals surface area (Å²) in [6.07, 6.45) is 3.73. The van der Waals surface area contributed by atoms with Gasteiger partial charge in [0.15, 0.2) is 0 Å². The molecule has 2 aliphatic rings. The quantitative estimate of drug-likeness (QED) is 0.707. The van der Waals surface area contributed by atoms with Crippen LogP contribution in [-0.4, -0.2) is 46.4 Å². The molecule has 0 N–H and O–H groups in total. The zero-order chi connectivity index (χ0) is 18.8. The number of amides is 1. The minimum Gasteiger partial charge on any atom is -0.494 e. The minimum absolute atomic E-state index is 0.113. The van der Waals surface area contributed by atoms with Gasteiger partial charge in [0.2, 0.25) is 5.91 Å². The van der Waals surface area contributed by atoms with Crippen molar-refractivity contribution >= 4 is 17.2 Å². The second kappa shape index (κ2) is 7.98. The number of nitrogens with zero attached hydrogens (tertiary/aromatic N) is 3. The van der Waals surface area contributed by atoms with Crippen molar-refractivity contribution in [2.45, 2.75) is 52.2 Å². The Morgan fingerprint density at radius 2 is 2.11 bits per heavy atom. The molecule has 144 valence electrons. The standard InChI is InChI=1S/C21H27N3O2S/c1-15-5-3-10-23(15)11-4-12-26-18-8-6-17(7-9-18)21-22-19-13-24(16(2)25)14-20(19)27-21/h6-9,15H,3-5,10-14H2,1-2H3. The van der Waals surface area contributed by atoms with Crippen molar-refractivity contribution in [3.63, 3.8) is 0 Å². The summed E-state index contributed by atoms with van der Waals surface area (Å²) < 4.78 is 5.91. The number of aromatic nitrogens is 1. The summed E-state index contributed by atoms with van der Waals surface area (Å²) in [6.45, 7) is 8.38. The fourth-order valence-electron chi connectivity index (χ4n) is 3.86. The highest BCUT2D eigenvalue weighted by molar-refractivity contribution is 7.15. The lowest BCUT2D eigenvalue weighted by Crippen LogP contribution is -2.28. The third-order valence-electron chi connectivity index (χ3n) is 5.55. The van der Waals surface area contributed by atoms with E-state index in [1.807, 2.05) is 17.0 Å². The van der Waals surface area contributed by atoms with Crippen LogP contribution in [0.2, 0.25) is 0 Å². The molecule has 2 aliphatic heterocycles. The second-order valence-electron chi connectivity index (χ2n) is 7.52. The van der Waals surface area contributed by atoms with Gasteiger partial charge in [0.25, 0.3) is 0 Å². The van der Waals surface area contributed by atoms with Crippen LogP contribution in [0.3, 0.4) is 0 Å². The van der Waals surface area contributed by atoms with Gasteiger partial charge in [-0.05, 0) is 57.0 Å². The van der Waals surface area contributed by atoms with Gasteiger partial charge in [0.1, 0.15) is 10.8 Å². The van der Waals surface area contributed by atoms with Crippen LogP contribution in [0.1, 0.15) is 43.7 Å². The van der Waals surface area contributed by atoms with Crippen LogP contribution in [0.5, 0.6) is 5.75 Å². The average Bonchev–Trinajstić information content (AvgIpc) is 3.34. The molecule has 27 heavy (non-hydrogen) atoms. The van der Waals surface area contributed by atoms with E-state index in [9.17, 15) is 4.79 Å². The number of hydrogen-bond donors (Lipinski definition) is 0.